The molecule has 0 saturated heterocycles. The van der Waals surface area contributed by atoms with Gasteiger partial charge in [0.25, 0.3) is 0 Å². The van der Waals surface area contributed by atoms with Crippen molar-refractivity contribution in [3.8, 4) is 29.4 Å². The molecule has 1 amide bonds. The largest absolute Gasteiger partial charge is 0.508 e. The van der Waals surface area contributed by atoms with E-state index in [0.717, 1.165) is 33.5 Å². The fraction of sp³-hybridized carbons (Fsp3) is 0.207. The topological polar surface area (TPSA) is 105 Å². The van der Waals surface area contributed by atoms with Crippen molar-refractivity contribution in [1.82, 2.24) is 9.97 Å². The van der Waals surface area contributed by atoms with E-state index in [-0.39, 0.29) is 24.6 Å². The van der Waals surface area contributed by atoms with Gasteiger partial charge in [0, 0.05) is 17.6 Å². The molecule has 4 rings (SSSR count). The molecule has 0 atom stereocenters. The zero-order valence-corrected chi connectivity index (χ0v) is 20.0. The fourth-order valence-electron chi connectivity index (χ4n) is 4.20. The lowest BCUT2D eigenvalue weighted by atomic mass is 9.89. The highest BCUT2D eigenvalue weighted by Gasteiger charge is 2.24. The van der Waals surface area contributed by atoms with E-state index in [1.165, 1.54) is 0 Å². The van der Waals surface area contributed by atoms with Crippen LogP contribution in [0.3, 0.4) is 0 Å². The summed E-state index contributed by atoms with van der Waals surface area (Å²) in [5.41, 5.74) is 6.56. The highest BCUT2D eigenvalue weighted by molar-refractivity contribution is 5.95. The number of aryl methyl sites for hydroxylation is 2. The average molecular weight is 479 g/mol. The van der Waals surface area contributed by atoms with Gasteiger partial charge in [-0.3, -0.25) is 4.79 Å². The number of aromatic nitrogens is 2. The maximum atomic E-state index is 12.9. The lowest BCUT2D eigenvalue weighted by Crippen LogP contribution is -2.19. The lowest BCUT2D eigenvalue weighted by Gasteiger charge is -2.22. The number of benzene rings is 2. The number of amides is 1. The summed E-state index contributed by atoms with van der Waals surface area (Å²) >= 11 is 0. The molecule has 1 aliphatic rings. The number of nitroso groups, excluding NO2 is 1. The first-order valence-electron chi connectivity index (χ1n) is 11.7. The Hall–Kier alpha value is -4.57. The van der Waals surface area contributed by atoms with Gasteiger partial charge in [-0.05, 0) is 49.1 Å². The summed E-state index contributed by atoms with van der Waals surface area (Å²) in [6.07, 6.45) is 11.1. The zero-order valence-electron chi connectivity index (χ0n) is 20.0. The summed E-state index contributed by atoms with van der Waals surface area (Å²) in [4.78, 5) is 33.4. The number of anilines is 1. The predicted octanol–water partition coefficient (Wildman–Crippen LogP) is 5.38. The number of phenols is 1. The number of hydrogen-bond donors (Lipinski definition) is 2. The number of nitrogens with zero attached hydrogens (tertiary/aromatic N) is 3. The molecule has 2 N–H and O–H groups in total. The summed E-state index contributed by atoms with van der Waals surface area (Å²) in [6.45, 7) is 2.04. The van der Waals surface area contributed by atoms with Crippen LogP contribution in [0.15, 0.2) is 71.4 Å². The van der Waals surface area contributed by atoms with Crippen molar-refractivity contribution in [3.63, 3.8) is 0 Å². The van der Waals surface area contributed by atoms with Gasteiger partial charge in [0.2, 0.25) is 5.91 Å². The van der Waals surface area contributed by atoms with Crippen LogP contribution in [0.25, 0.3) is 16.8 Å². The van der Waals surface area contributed by atoms with Gasteiger partial charge in [-0.1, -0.05) is 53.2 Å². The first-order valence-corrected chi connectivity index (χ1v) is 11.7. The Morgan fingerprint density at radius 1 is 1.17 bits per heavy atom. The Morgan fingerprint density at radius 3 is 2.69 bits per heavy atom. The van der Waals surface area contributed by atoms with Gasteiger partial charge >= 0.3 is 0 Å². The first kappa shape index (κ1) is 24.6. The third-order valence-corrected chi connectivity index (χ3v) is 5.90. The maximum absolute atomic E-state index is 12.9. The van der Waals surface area contributed by atoms with Gasteiger partial charge < -0.3 is 10.4 Å². The van der Waals surface area contributed by atoms with E-state index in [0.29, 0.717) is 36.5 Å². The maximum Gasteiger partial charge on any atom is 0.230 e. The Bertz CT molecular complexity index is 1400. The SMILES string of the molecule is C#CCC1=C(/C=C\CN=O)c2nc(-c3cccc(C)c3)c(NC(=O)Cc3ccc(O)cc3)nc2CC1. The van der Waals surface area contributed by atoms with Crippen LogP contribution in [0.2, 0.25) is 0 Å². The molecule has 3 aromatic rings. The van der Waals surface area contributed by atoms with Gasteiger partial charge in [-0.15, -0.1) is 12.3 Å². The van der Waals surface area contributed by atoms with Crippen LogP contribution in [-0.2, 0) is 17.6 Å². The van der Waals surface area contributed by atoms with Crippen LogP contribution < -0.4 is 5.32 Å². The zero-order chi connectivity index (χ0) is 25.5. The van der Waals surface area contributed by atoms with Gasteiger partial charge in [-0.2, -0.15) is 4.91 Å². The molecule has 0 bridgehead atoms. The normalized spacial score (nSPS) is 12.8. The van der Waals surface area contributed by atoms with Crippen molar-refractivity contribution in [2.24, 2.45) is 5.18 Å². The number of allylic oxidation sites excluding steroid dienone is 3. The van der Waals surface area contributed by atoms with E-state index in [1.54, 1.807) is 30.3 Å². The average Bonchev–Trinajstić information content (AvgIpc) is 2.86. The summed E-state index contributed by atoms with van der Waals surface area (Å²) in [5, 5.41) is 15.4. The Labute approximate surface area is 210 Å². The fourth-order valence-corrected chi connectivity index (χ4v) is 4.20. The minimum atomic E-state index is -0.236. The van der Waals surface area contributed by atoms with Gasteiger partial charge in [0.1, 0.15) is 11.4 Å². The molecule has 180 valence electrons. The van der Waals surface area contributed by atoms with Crippen molar-refractivity contribution < 1.29 is 9.90 Å². The van der Waals surface area contributed by atoms with E-state index in [1.807, 2.05) is 37.3 Å². The first-order chi connectivity index (χ1) is 17.5. The highest BCUT2D eigenvalue weighted by atomic mass is 16.3. The van der Waals surface area contributed by atoms with Crippen molar-refractivity contribution in [1.29, 1.82) is 0 Å². The molecule has 0 spiro atoms. The predicted molar refractivity (Wildman–Crippen MR) is 141 cm³/mol. The van der Waals surface area contributed by atoms with E-state index < -0.39 is 0 Å². The van der Waals surface area contributed by atoms with Crippen LogP contribution in [0.5, 0.6) is 5.75 Å². The smallest absolute Gasteiger partial charge is 0.230 e. The monoisotopic (exact) mass is 478 g/mol. The van der Waals surface area contributed by atoms with Crippen LogP contribution in [0.1, 0.15) is 35.4 Å². The molecule has 0 unspecified atom stereocenters. The third-order valence-electron chi connectivity index (χ3n) is 5.90. The summed E-state index contributed by atoms with van der Waals surface area (Å²) < 4.78 is 0. The molecule has 0 saturated carbocycles. The third kappa shape index (κ3) is 5.73. The van der Waals surface area contributed by atoms with E-state index in [2.05, 4.69) is 16.4 Å². The van der Waals surface area contributed by atoms with Crippen molar-refractivity contribution in [2.45, 2.75) is 32.6 Å². The molecule has 7 heteroatoms. The minimum absolute atomic E-state index is 0.0474. The summed E-state index contributed by atoms with van der Waals surface area (Å²) in [6, 6.07) is 14.4. The number of carbonyl (C=O) groups is 1. The van der Waals surface area contributed by atoms with E-state index in [9.17, 15) is 14.8 Å². The molecule has 1 aromatic heterocycles. The number of hydrogen-bond acceptors (Lipinski definition) is 6. The van der Waals surface area contributed by atoms with Crippen LogP contribution in [0.4, 0.5) is 5.82 Å². The number of rotatable bonds is 8. The Morgan fingerprint density at radius 2 is 1.97 bits per heavy atom. The lowest BCUT2D eigenvalue weighted by molar-refractivity contribution is -0.115. The number of nitrogens with one attached hydrogen (secondary N) is 1. The minimum Gasteiger partial charge on any atom is -0.508 e. The van der Waals surface area contributed by atoms with Gasteiger partial charge in [0.15, 0.2) is 5.82 Å². The number of aromatic hydroxyl groups is 1. The van der Waals surface area contributed by atoms with Crippen molar-refractivity contribution in [2.75, 3.05) is 11.9 Å². The highest BCUT2D eigenvalue weighted by Crippen LogP contribution is 2.36. The van der Waals surface area contributed by atoms with Crippen LogP contribution >= 0.6 is 0 Å². The molecular formula is C29H26N4O3. The molecule has 1 aliphatic carbocycles. The number of terminal acetylenes is 1. The van der Waals surface area contributed by atoms with Crippen LogP contribution in [-0.4, -0.2) is 27.5 Å². The molecule has 0 radical (unpaired) electrons. The molecule has 0 aliphatic heterocycles. The van der Waals surface area contributed by atoms with Crippen molar-refractivity contribution in [3.05, 3.63) is 93.7 Å². The quantitative estimate of drug-likeness (QED) is 0.334. The number of carbonyl (C=O) groups excluding carboxylic acids is 1. The molecule has 0 fully saturated rings. The standard InChI is InChI=1S/C29H26N4O3/c1-3-6-21-12-15-25-28(24(21)9-5-16-30-36)33-27(22-8-4-7-19(2)17-22)29(31-25)32-26(35)18-20-10-13-23(34)14-11-20/h1,4-5,7-11,13-14,17,34H,6,12,15-16,18H2,2H3,(H,31,32,35)/b9-5-. The second kappa shape index (κ2) is 11.2. The number of fused-ring (bicyclic) bond motifs is 1. The van der Waals surface area contributed by atoms with E-state index in [4.69, 9.17) is 16.4 Å². The number of phenolic OH excluding ortho intramolecular Hbond substituents is 1. The second-order valence-electron chi connectivity index (χ2n) is 8.59. The molecule has 7 nitrogen and oxygen atoms in total. The molecule has 2 aromatic carbocycles. The molecule has 36 heavy (non-hydrogen) atoms. The Balaban J connectivity index is 1.78. The summed E-state index contributed by atoms with van der Waals surface area (Å²) in [5.74, 6) is 3.01. The van der Waals surface area contributed by atoms with Gasteiger partial charge in [-0.25, -0.2) is 9.97 Å². The molecular weight excluding hydrogens is 452 g/mol. The van der Waals surface area contributed by atoms with Gasteiger partial charge in [0.05, 0.1) is 24.4 Å². The van der Waals surface area contributed by atoms with Crippen LogP contribution in [0, 0.1) is 24.2 Å². The Kier molecular flexibility index (Phi) is 7.66. The second-order valence-corrected chi connectivity index (χ2v) is 8.59. The van der Waals surface area contributed by atoms with Crippen molar-refractivity contribution >= 4 is 17.3 Å². The van der Waals surface area contributed by atoms with E-state index >= 15 is 0 Å². The molecule has 1 heterocycles. The summed E-state index contributed by atoms with van der Waals surface area (Å²) in [7, 11) is 0.